The van der Waals surface area contributed by atoms with E-state index in [1.807, 2.05) is 7.05 Å². The molecule has 11 heavy (non-hydrogen) atoms. The number of hydrogen-bond donors (Lipinski definition) is 1. The standard InChI is InChI=1S/C8H14N2O/c1-10-8(2-5-9)3-6-11-7-4-8/h10H,2-4,6-7H2,1H3. The van der Waals surface area contributed by atoms with Crippen molar-refractivity contribution < 1.29 is 4.74 Å². The molecule has 0 bridgehead atoms. The van der Waals surface area contributed by atoms with E-state index in [1.54, 1.807) is 0 Å². The zero-order valence-electron chi connectivity index (χ0n) is 6.89. The highest BCUT2D eigenvalue weighted by Gasteiger charge is 2.30. The normalized spacial score (nSPS) is 22.5. The molecular formula is C8H14N2O. The molecular weight excluding hydrogens is 140 g/mol. The van der Waals surface area contributed by atoms with E-state index in [2.05, 4.69) is 11.4 Å². The molecule has 1 saturated heterocycles. The molecule has 1 aliphatic rings. The Kier molecular flexibility index (Phi) is 2.86. The lowest BCUT2D eigenvalue weighted by Gasteiger charge is -2.34. The van der Waals surface area contributed by atoms with E-state index in [-0.39, 0.29) is 5.54 Å². The minimum absolute atomic E-state index is 0.0347. The Morgan fingerprint density at radius 2 is 2.18 bits per heavy atom. The first-order chi connectivity index (χ1) is 5.33. The van der Waals surface area contributed by atoms with E-state index in [0.29, 0.717) is 6.42 Å². The third-order valence-electron chi connectivity index (χ3n) is 2.40. The van der Waals surface area contributed by atoms with Crippen molar-refractivity contribution in [2.75, 3.05) is 20.3 Å². The van der Waals surface area contributed by atoms with Gasteiger partial charge in [0, 0.05) is 18.8 Å². The summed E-state index contributed by atoms with van der Waals surface area (Å²) in [5.41, 5.74) is 0.0347. The molecule has 1 aliphatic heterocycles. The SMILES string of the molecule is CNC1(CC#N)CCOCC1. The summed E-state index contributed by atoms with van der Waals surface area (Å²) in [6.07, 6.45) is 2.50. The zero-order valence-corrected chi connectivity index (χ0v) is 6.89. The molecule has 3 heteroatoms. The van der Waals surface area contributed by atoms with E-state index in [1.165, 1.54) is 0 Å². The monoisotopic (exact) mass is 154 g/mol. The molecule has 0 atom stereocenters. The number of nitrogens with one attached hydrogen (secondary N) is 1. The first-order valence-electron chi connectivity index (χ1n) is 3.97. The second-order valence-electron chi connectivity index (χ2n) is 2.98. The van der Waals surface area contributed by atoms with Crippen molar-refractivity contribution in [1.82, 2.24) is 5.32 Å². The van der Waals surface area contributed by atoms with Crippen LogP contribution in [0.15, 0.2) is 0 Å². The van der Waals surface area contributed by atoms with Crippen LogP contribution < -0.4 is 5.32 Å². The Labute approximate surface area is 67.3 Å². The highest BCUT2D eigenvalue weighted by molar-refractivity contribution is 4.96. The van der Waals surface area contributed by atoms with Crippen LogP contribution in [-0.2, 0) is 4.74 Å². The molecule has 3 nitrogen and oxygen atoms in total. The van der Waals surface area contributed by atoms with Crippen molar-refractivity contribution in [3.8, 4) is 6.07 Å². The van der Waals surface area contributed by atoms with Crippen LogP contribution in [-0.4, -0.2) is 25.8 Å². The van der Waals surface area contributed by atoms with Gasteiger partial charge in [-0.25, -0.2) is 0 Å². The highest BCUT2D eigenvalue weighted by Crippen LogP contribution is 2.22. The van der Waals surface area contributed by atoms with E-state index in [9.17, 15) is 0 Å². The first kappa shape index (κ1) is 8.51. The number of hydrogen-bond acceptors (Lipinski definition) is 3. The summed E-state index contributed by atoms with van der Waals surface area (Å²) in [5, 5.41) is 11.8. The minimum atomic E-state index is 0.0347. The Bertz CT molecular complexity index is 156. The van der Waals surface area contributed by atoms with Crippen LogP contribution in [0.4, 0.5) is 0 Å². The minimum Gasteiger partial charge on any atom is -0.381 e. The van der Waals surface area contributed by atoms with Gasteiger partial charge in [0.2, 0.25) is 0 Å². The second kappa shape index (κ2) is 3.70. The van der Waals surface area contributed by atoms with Crippen molar-refractivity contribution >= 4 is 0 Å². The molecule has 1 N–H and O–H groups in total. The number of nitrogens with zero attached hydrogens (tertiary/aromatic N) is 1. The first-order valence-corrected chi connectivity index (χ1v) is 3.97. The molecule has 0 radical (unpaired) electrons. The van der Waals surface area contributed by atoms with Crippen LogP contribution in [0.5, 0.6) is 0 Å². The van der Waals surface area contributed by atoms with Crippen molar-refractivity contribution in [2.45, 2.75) is 24.8 Å². The molecule has 1 heterocycles. The molecule has 1 fully saturated rings. The molecule has 0 spiro atoms. The Morgan fingerprint density at radius 3 is 2.64 bits per heavy atom. The lowest BCUT2D eigenvalue weighted by atomic mass is 9.87. The molecule has 0 saturated carbocycles. The fraction of sp³-hybridized carbons (Fsp3) is 0.875. The predicted octanol–water partition coefficient (Wildman–Crippen LogP) is 0.669. The van der Waals surface area contributed by atoms with Gasteiger partial charge in [-0.15, -0.1) is 0 Å². The van der Waals surface area contributed by atoms with Gasteiger partial charge in [-0.3, -0.25) is 0 Å². The average Bonchev–Trinajstić information content (AvgIpc) is 2.07. The molecule has 1 rings (SSSR count). The predicted molar refractivity (Wildman–Crippen MR) is 42.1 cm³/mol. The summed E-state index contributed by atoms with van der Waals surface area (Å²) in [6, 6.07) is 2.21. The Balaban J connectivity index is 2.51. The largest absolute Gasteiger partial charge is 0.381 e. The van der Waals surface area contributed by atoms with Crippen LogP contribution in [0.1, 0.15) is 19.3 Å². The maximum Gasteiger partial charge on any atom is 0.0641 e. The summed E-state index contributed by atoms with van der Waals surface area (Å²) >= 11 is 0. The molecule has 62 valence electrons. The second-order valence-corrected chi connectivity index (χ2v) is 2.98. The lowest BCUT2D eigenvalue weighted by molar-refractivity contribution is 0.0429. The summed E-state index contributed by atoms with van der Waals surface area (Å²) in [6.45, 7) is 1.56. The smallest absolute Gasteiger partial charge is 0.0641 e. The van der Waals surface area contributed by atoms with Gasteiger partial charge in [-0.2, -0.15) is 5.26 Å². The fourth-order valence-corrected chi connectivity index (χ4v) is 1.43. The molecule has 0 unspecified atom stereocenters. The van der Waals surface area contributed by atoms with Gasteiger partial charge in [-0.05, 0) is 19.9 Å². The third-order valence-corrected chi connectivity index (χ3v) is 2.40. The van der Waals surface area contributed by atoms with Gasteiger partial charge in [0.15, 0.2) is 0 Å². The van der Waals surface area contributed by atoms with Crippen molar-refractivity contribution in [3.05, 3.63) is 0 Å². The Morgan fingerprint density at radius 1 is 1.55 bits per heavy atom. The summed E-state index contributed by atoms with van der Waals surface area (Å²) < 4.78 is 5.22. The summed E-state index contributed by atoms with van der Waals surface area (Å²) in [7, 11) is 1.92. The summed E-state index contributed by atoms with van der Waals surface area (Å²) in [5.74, 6) is 0. The molecule has 0 aliphatic carbocycles. The molecule has 0 aromatic rings. The lowest BCUT2D eigenvalue weighted by Crippen LogP contribution is -2.47. The van der Waals surface area contributed by atoms with Crippen molar-refractivity contribution in [2.24, 2.45) is 0 Å². The number of nitriles is 1. The van der Waals surface area contributed by atoms with Gasteiger partial charge >= 0.3 is 0 Å². The summed E-state index contributed by atoms with van der Waals surface area (Å²) in [4.78, 5) is 0. The van der Waals surface area contributed by atoms with E-state index in [0.717, 1.165) is 26.1 Å². The van der Waals surface area contributed by atoms with Gasteiger partial charge in [0.25, 0.3) is 0 Å². The number of rotatable bonds is 2. The quantitative estimate of drug-likeness (QED) is 0.635. The van der Waals surface area contributed by atoms with Crippen LogP contribution in [0.2, 0.25) is 0 Å². The maximum absolute atomic E-state index is 8.58. The van der Waals surface area contributed by atoms with Crippen molar-refractivity contribution in [3.63, 3.8) is 0 Å². The average molecular weight is 154 g/mol. The highest BCUT2D eigenvalue weighted by atomic mass is 16.5. The van der Waals surface area contributed by atoms with Crippen LogP contribution in [0, 0.1) is 11.3 Å². The molecule has 0 amide bonds. The topological polar surface area (TPSA) is 45.0 Å². The molecule has 0 aromatic heterocycles. The third kappa shape index (κ3) is 1.92. The van der Waals surface area contributed by atoms with Gasteiger partial charge < -0.3 is 10.1 Å². The van der Waals surface area contributed by atoms with E-state index in [4.69, 9.17) is 10.00 Å². The van der Waals surface area contributed by atoms with E-state index >= 15 is 0 Å². The van der Waals surface area contributed by atoms with Gasteiger partial charge in [0.05, 0.1) is 12.5 Å². The van der Waals surface area contributed by atoms with Crippen LogP contribution in [0.3, 0.4) is 0 Å². The Hall–Kier alpha value is -0.590. The van der Waals surface area contributed by atoms with Crippen molar-refractivity contribution in [1.29, 1.82) is 5.26 Å². The van der Waals surface area contributed by atoms with Crippen LogP contribution >= 0.6 is 0 Å². The maximum atomic E-state index is 8.58. The van der Waals surface area contributed by atoms with Crippen LogP contribution in [0.25, 0.3) is 0 Å². The van der Waals surface area contributed by atoms with Gasteiger partial charge in [-0.1, -0.05) is 0 Å². The molecule has 0 aromatic carbocycles. The van der Waals surface area contributed by atoms with E-state index < -0.39 is 0 Å². The number of ether oxygens (including phenoxy) is 1. The fourth-order valence-electron chi connectivity index (χ4n) is 1.43. The zero-order chi connectivity index (χ0) is 8.16. The van der Waals surface area contributed by atoms with Gasteiger partial charge in [0.1, 0.15) is 0 Å².